The molecule has 1 atom stereocenters. The first kappa shape index (κ1) is 72.5. The van der Waals surface area contributed by atoms with Crippen molar-refractivity contribution in [2.45, 2.75) is 284 Å². The average Bonchev–Trinajstić information content (AvgIpc) is 3.43. The zero-order valence-electron chi connectivity index (χ0n) is 49.9. The molecule has 0 aliphatic heterocycles. The Labute approximate surface area is 475 Å². The van der Waals surface area contributed by atoms with E-state index in [0.717, 1.165) is 116 Å². The van der Waals surface area contributed by atoms with Gasteiger partial charge in [0.2, 0.25) is 0 Å². The van der Waals surface area contributed by atoms with Crippen LogP contribution in [0.2, 0.25) is 0 Å². The van der Waals surface area contributed by atoms with Gasteiger partial charge in [-0.2, -0.15) is 0 Å². The summed E-state index contributed by atoms with van der Waals surface area (Å²) >= 11 is 0. The smallest absolute Gasteiger partial charge is 0.306 e. The van der Waals surface area contributed by atoms with Crippen LogP contribution in [0.3, 0.4) is 0 Å². The minimum absolute atomic E-state index is 0.119. The Morgan fingerprint density at radius 3 is 0.870 bits per heavy atom. The van der Waals surface area contributed by atoms with E-state index in [0.29, 0.717) is 19.3 Å². The van der Waals surface area contributed by atoms with Crippen LogP contribution in [0.4, 0.5) is 0 Å². The molecule has 6 heteroatoms. The van der Waals surface area contributed by atoms with Crippen LogP contribution in [0, 0.1) is 0 Å². The summed E-state index contributed by atoms with van der Waals surface area (Å²) in [5, 5.41) is 0. The van der Waals surface area contributed by atoms with Crippen molar-refractivity contribution in [3.8, 4) is 0 Å². The van der Waals surface area contributed by atoms with Crippen molar-refractivity contribution in [2.75, 3.05) is 13.2 Å². The Kier molecular flexibility index (Phi) is 60.4. The quantitative estimate of drug-likeness (QED) is 0.0261. The number of hydrogen-bond acceptors (Lipinski definition) is 6. The van der Waals surface area contributed by atoms with Gasteiger partial charge >= 0.3 is 17.9 Å². The molecule has 0 rings (SSSR count). The molecule has 1 unspecified atom stereocenters. The highest BCUT2D eigenvalue weighted by Crippen LogP contribution is 2.14. The van der Waals surface area contributed by atoms with Crippen LogP contribution in [0.15, 0.2) is 134 Å². The third-order valence-electron chi connectivity index (χ3n) is 13.1. The van der Waals surface area contributed by atoms with Gasteiger partial charge in [-0.05, 0) is 128 Å². The Hall–Kier alpha value is -4.45. The van der Waals surface area contributed by atoms with Crippen molar-refractivity contribution in [2.24, 2.45) is 0 Å². The molecule has 0 aliphatic rings. The van der Waals surface area contributed by atoms with E-state index in [1.165, 1.54) is 116 Å². The van der Waals surface area contributed by atoms with Crippen LogP contribution in [0.25, 0.3) is 0 Å². The number of hydrogen-bond donors (Lipinski definition) is 0. The molecule has 0 radical (unpaired) electrons. The molecule has 0 aromatic rings. The summed E-state index contributed by atoms with van der Waals surface area (Å²) in [6.45, 7) is 6.42. The lowest BCUT2D eigenvalue weighted by molar-refractivity contribution is -0.166. The largest absolute Gasteiger partial charge is 0.462 e. The number of rotatable bonds is 56. The Morgan fingerprint density at radius 2 is 0.532 bits per heavy atom. The summed E-state index contributed by atoms with van der Waals surface area (Å²) < 4.78 is 16.8. The molecule has 0 aliphatic carbocycles. The molecular formula is C71H116O6. The van der Waals surface area contributed by atoms with Crippen molar-refractivity contribution < 1.29 is 28.6 Å². The topological polar surface area (TPSA) is 78.9 Å². The molecular weight excluding hydrogens is 949 g/mol. The standard InChI is InChI=1S/C71H116O6/c1-4-7-10-13-16-19-22-25-28-30-32-33-34-35-36-37-39-40-43-46-49-52-55-58-61-64-70(73)76-67-68(66-75-69(72)63-60-57-54-51-48-45-42-27-24-21-18-15-12-9-6-3)77-71(74)65-62-59-56-53-50-47-44-41-38-31-29-26-23-20-17-14-11-8-5-2/h8,11,17-18,20-22,25-27,29-30,32,34-35,38,41-42,47,50,56,59,68H,4-7,9-10,12-16,19,23-24,28,31,33,36-37,39-40,43-46,48-49,51-55,57-58,60-67H2,1-3H3/b11-8-,20-17-,21-18-,25-22-,29-26-,32-30-,35-34-,41-38-,42-27-,50-47-,59-56-. The molecule has 0 saturated carbocycles. The molecule has 0 N–H and O–H groups in total. The fourth-order valence-electron chi connectivity index (χ4n) is 8.39. The van der Waals surface area contributed by atoms with E-state index in [9.17, 15) is 14.4 Å². The van der Waals surface area contributed by atoms with E-state index in [4.69, 9.17) is 14.2 Å². The molecule has 6 nitrogen and oxygen atoms in total. The van der Waals surface area contributed by atoms with Crippen molar-refractivity contribution in [1.29, 1.82) is 0 Å². The Bertz CT molecular complexity index is 1650. The summed E-state index contributed by atoms with van der Waals surface area (Å²) in [5.41, 5.74) is 0. The second kappa shape index (κ2) is 64.1. The van der Waals surface area contributed by atoms with E-state index in [1.54, 1.807) is 0 Å². The molecule has 436 valence electrons. The first-order chi connectivity index (χ1) is 38.0. The molecule has 0 saturated heterocycles. The summed E-state index contributed by atoms with van der Waals surface area (Å²) in [6, 6.07) is 0. The molecule has 0 aromatic heterocycles. The van der Waals surface area contributed by atoms with Gasteiger partial charge < -0.3 is 14.2 Å². The van der Waals surface area contributed by atoms with Crippen molar-refractivity contribution in [3.05, 3.63) is 134 Å². The monoisotopic (exact) mass is 1060 g/mol. The molecule has 0 spiro atoms. The van der Waals surface area contributed by atoms with Gasteiger partial charge in [-0.25, -0.2) is 0 Å². The lowest BCUT2D eigenvalue weighted by Crippen LogP contribution is -2.30. The Morgan fingerprint density at radius 1 is 0.273 bits per heavy atom. The minimum Gasteiger partial charge on any atom is -0.462 e. The van der Waals surface area contributed by atoms with Gasteiger partial charge in [-0.3, -0.25) is 14.4 Å². The highest BCUT2D eigenvalue weighted by atomic mass is 16.6. The third-order valence-corrected chi connectivity index (χ3v) is 13.1. The molecule has 0 aromatic carbocycles. The SMILES string of the molecule is CC/C=C\C/C=C\C/C=C\C/C=C\C/C=C\C/C=C\CCC(=O)OC(COC(=O)CCCCCCC/C=C\C/C=C\CCCCC)COC(=O)CCCCCCCCCCCC/C=C\C/C=C\C/C=C\CCCCCCC. The zero-order chi connectivity index (χ0) is 55.7. The Balaban J connectivity index is 4.47. The molecule has 0 bridgehead atoms. The van der Waals surface area contributed by atoms with Gasteiger partial charge in [-0.1, -0.05) is 264 Å². The number of carbonyl (C=O) groups is 3. The molecule has 0 fully saturated rings. The average molecular weight is 1070 g/mol. The second-order valence-electron chi connectivity index (χ2n) is 20.6. The first-order valence-electron chi connectivity index (χ1n) is 31.7. The van der Waals surface area contributed by atoms with Crippen LogP contribution in [-0.2, 0) is 28.6 Å². The first-order valence-corrected chi connectivity index (χ1v) is 31.7. The van der Waals surface area contributed by atoms with Gasteiger partial charge in [0.15, 0.2) is 6.10 Å². The number of ether oxygens (including phenoxy) is 3. The van der Waals surface area contributed by atoms with Crippen LogP contribution in [0.1, 0.15) is 278 Å². The maximum Gasteiger partial charge on any atom is 0.306 e. The molecule has 77 heavy (non-hydrogen) atoms. The van der Waals surface area contributed by atoms with Crippen LogP contribution in [0.5, 0.6) is 0 Å². The number of esters is 3. The van der Waals surface area contributed by atoms with E-state index in [-0.39, 0.29) is 31.6 Å². The van der Waals surface area contributed by atoms with Crippen molar-refractivity contribution >= 4 is 17.9 Å². The van der Waals surface area contributed by atoms with Gasteiger partial charge in [-0.15, -0.1) is 0 Å². The highest BCUT2D eigenvalue weighted by molar-refractivity contribution is 5.71. The van der Waals surface area contributed by atoms with Crippen LogP contribution >= 0.6 is 0 Å². The maximum atomic E-state index is 12.9. The lowest BCUT2D eigenvalue weighted by Gasteiger charge is -2.18. The summed E-state index contributed by atoms with van der Waals surface area (Å²) in [7, 11) is 0. The van der Waals surface area contributed by atoms with Crippen LogP contribution < -0.4 is 0 Å². The number of allylic oxidation sites excluding steroid dienone is 22. The molecule has 0 heterocycles. The van der Waals surface area contributed by atoms with E-state index >= 15 is 0 Å². The molecule has 0 amide bonds. The third kappa shape index (κ3) is 62.3. The maximum absolute atomic E-state index is 12.9. The van der Waals surface area contributed by atoms with Crippen molar-refractivity contribution in [3.63, 3.8) is 0 Å². The second-order valence-corrected chi connectivity index (χ2v) is 20.6. The fourth-order valence-corrected chi connectivity index (χ4v) is 8.39. The normalized spacial score (nSPS) is 13.0. The van der Waals surface area contributed by atoms with Gasteiger partial charge in [0.25, 0.3) is 0 Å². The van der Waals surface area contributed by atoms with Gasteiger partial charge in [0, 0.05) is 19.3 Å². The van der Waals surface area contributed by atoms with Gasteiger partial charge in [0.05, 0.1) is 0 Å². The van der Waals surface area contributed by atoms with E-state index in [1.807, 2.05) is 6.08 Å². The highest BCUT2D eigenvalue weighted by Gasteiger charge is 2.19. The number of unbranched alkanes of at least 4 members (excludes halogenated alkanes) is 23. The summed E-state index contributed by atoms with van der Waals surface area (Å²) in [5.74, 6) is -1.02. The van der Waals surface area contributed by atoms with E-state index < -0.39 is 12.1 Å². The van der Waals surface area contributed by atoms with E-state index in [2.05, 4.69) is 148 Å². The van der Waals surface area contributed by atoms with Gasteiger partial charge in [0.1, 0.15) is 13.2 Å². The van der Waals surface area contributed by atoms with Crippen LogP contribution in [-0.4, -0.2) is 37.2 Å². The number of carbonyl (C=O) groups excluding carboxylic acids is 3. The zero-order valence-corrected chi connectivity index (χ0v) is 49.9. The predicted molar refractivity (Wildman–Crippen MR) is 334 cm³/mol. The summed E-state index contributed by atoms with van der Waals surface area (Å²) in [6.07, 6.45) is 90.3. The fraction of sp³-hybridized carbons (Fsp3) is 0.648. The van der Waals surface area contributed by atoms with Crippen molar-refractivity contribution in [1.82, 2.24) is 0 Å². The minimum atomic E-state index is -0.832. The summed E-state index contributed by atoms with van der Waals surface area (Å²) in [4.78, 5) is 38.3. The lowest BCUT2D eigenvalue weighted by atomic mass is 10.1. The predicted octanol–water partition coefficient (Wildman–Crippen LogP) is 21.8.